The van der Waals surface area contributed by atoms with Gasteiger partial charge in [0.2, 0.25) is 0 Å². The fourth-order valence-corrected chi connectivity index (χ4v) is 2.28. The number of fused-ring (bicyclic) bond motifs is 1. The van der Waals surface area contributed by atoms with Gasteiger partial charge in [-0.05, 0) is 24.7 Å². The van der Waals surface area contributed by atoms with Crippen molar-refractivity contribution >= 4 is 22.3 Å². The van der Waals surface area contributed by atoms with Crippen LogP contribution in [0.25, 0.3) is 0 Å². The summed E-state index contributed by atoms with van der Waals surface area (Å²) in [4.78, 5) is 0. The Bertz CT molecular complexity index is 340. The van der Waals surface area contributed by atoms with E-state index in [1.165, 1.54) is 0 Å². The van der Waals surface area contributed by atoms with E-state index in [2.05, 4.69) is 15.3 Å². The maximum absolute atomic E-state index is 5.38. The Balaban J connectivity index is 2.62. The highest BCUT2D eigenvalue weighted by Gasteiger charge is 2.19. The number of rotatable bonds is 0. The number of nitrogens with one attached hydrogen (secondary N) is 1. The van der Waals surface area contributed by atoms with E-state index >= 15 is 0 Å². The fraction of sp³-hybridized carbons (Fsp3) is 0.429. The first-order valence-electron chi connectivity index (χ1n) is 3.43. The van der Waals surface area contributed by atoms with Crippen molar-refractivity contribution in [2.45, 2.75) is 13.8 Å². The van der Waals surface area contributed by atoms with Gasteiger partial charge in [-0.15, -0.1) is 0 Å². The van der Waals surface area contributed by atoms with Crippen molar-refractivity contribution in [1.29, 1.82) is 0 Å². The molecule has 4 heteroatoms. The van der Waals surface area contributed by atoms with Crippen molar-refractivity contribution in [3.63, 3.8) is 0 Å². The maximum atomic E-state index is 5.38. The van der Waals surface area contributed by atoms with Gasteiger partial charge < -0.3 is 9.14 Å². The summed E-state index contributed by atoms with van der Waals surface area (Å²) in [7, 11) is -0.0438. The summed E-state index contributed by atoms with van der Waals surface area (Å²) in [5.41, 5.74) is 2.08. The third-order valence-corrected chi connectivity index (χ3v) is 2.66. The third kappa shape index (κ3) is 0.894. The smallest absolute Gasteiger partial charge is 0.138 e. The van der Waals surface area contributed by atoms with Crippen LogP contribution in [0.5, 0.6) is 0 Å². The van der Waals surface area contributed by atoms with Gasteiger partial charge in [0.15, 0.2) is 0 Å². The van der Waals surface area contributed by atoms with Crippen LogP contribution in [-0.4, -0.2) is 6.26 Å². The average molecular weight is 170 g/mol. The van der Waals surface area contributed by atoms with E-state index < -0.39 is 0 Å². The molecule has 0 amide bonds. The van der Waals surface area contributed by atoms with E-state index in [1.54, 1.807) is 0 Å². The molecule has 0 aromatic carbocycles. The Morgan fingerprint density at radius 1 is 1.36 bits per heavy atom. The summed E-state index contributed by atoms with van der Waals surface area (Å²) in [6.45, 7) is 3.90. The maximum Gasteiger partial charge on any atom is 0.138 e. The average Bonchev–Trinajstić information content (AvgIpc) is 2.38. The van der Waals surface area contributed by atoms with Gasteiger partial charge in [-0.3, -0.25) is 0 Å². The first-order chi connectivity index (χ1) is 5.18. The predicted octanol–water partition coefficient (Wildman–Crippen LogP) is 2.30. The lowest BCUT2D eigenvalue weighted by Crippen LogP contribution is -1.95. The van der Waals surface area contributed by atoms with Gasteiger partial charge in [0.05, 0.1) is 0 Å². The largest absolute Gasteiger partial charge is 0.462 e. The molecule has 0 saturated heterocycles. The monoisotopic (exact) mass is 170 g/mol. The second-order valence-electron chi connectivity index (χ2n) is 2.61. The quantitative estimate of drug-likeness (QED) is 0.648. The Hall–Kier alpha value is -0.770. The molecule has 1 aromatic rings. The highest BCUT2D eigenvalue weighted by atomic mass is 32.2. The van der Waals surface area contributed by atoms with Gasteiger partial charge in [0, 0.05) is 6.26 Å². The van der Waals surface area contributed by atoms with Crippen molar-refractivity contribution in [2.75, 3.05) is 11.0 Å². The fourth-order valence-electron chi connectivity index (χ4n) is 1.21. The summed E-state index contributed by atoms with van der Waals surface area (Å²) >= 11 is 0. The summed E-state index contributed by atoms with van der Waals surface area (Å²) in [6.07, 6.45) is 2.05. The Kier molecular flexibility index (Phi) is 1.32. The minimum atomic E-state index is -0.0438. The molecular formula is C7H10N2OS. The van der Waals surface area contributed by atoms with Gasteiger partial charge in [0.1, 0.15) is 22.9 Å². The number of aryl methyl sites for hydroxylation is 2. The standard InChI is InChI=1S/C7H10N2OS/c1-4-6-7(5(2)10-4)9-11(3)8-6/h1-3H3,(H,8,9). The molecule has 0 fully saturated rings. The van der Waals surface area contributed by atoms with Crippen LogP contribution in [0.4, 0.5) is 11.4 Å². The summed E-state index contributed by atoms with van der Waals surface area (Å²) in [5, 5.41) is 0. The zero-order valence-electron chi connectivity index (χ0n) is 6.76. The second-order valence-corrected chi connectivity index (χ2v) is 3.95. The molecule has 3 nitrogen and oxygen atoms in total. The van der Waals surface area contributed by atoms with E-state index in [0.29, 0.717) is 0 Å². The van der Waals surface area contributed by atoms with E-state index in [1.807, 2.05) is 13.8 Å². The van der Waals surface area contributed by atoms with Gasteiger partial charge >= 0.3 is 0 Å². The number of hydrogen-bond acceptors (Lipinski definition) is 3. The predicted molar refractivity (Wildman–Crippen MR) is 47.2 cm³/mol. The SMILES string of the molecule is Cc1oc(C)c2c1N=S(C)N2. The Morgan fingerprint density at radius 2 is 2.09 bits per heavy atom. The molecule has 1 aromatic heterocycles. The minimum absolute atomic E-state index is 0.0438. The molecule has 1 aliphatic heterocycles. The Labute approximate surface area is 68.0 Å². The lowest BCUT2D eigenvalue weighted by molar-refractivity contribution is 0.506. The molecular weight excluding hydrogens is 160 g/mol. The number of nitrogens with zero attached hydrogens (tertiary/aromatic N) is 1. The molecule has 2 rings (SSSR count). The molecule has 60 valence electrons. The van der Waals surface area contributed by atoms with Crippen molar-refractivity contribution in [3.8, 4) is 0 Å². The molecule has 0 radical (unpaired) electrons. The molecule has 1 N–H and O–H groups in total. The summed E-state index contributed by atoms with van der Waals surface area (Å²) < 4.78 is 13.0. The van der Waals surface area contributed by atoms with E-state index in [0.717, 1.165) is 22.9 Å². The number of anilines is 1. The van der Waals surface area contributed by atoms with E-state index in [-0.39, 0.29) is 10.9 Å². The third-order valence-electron chi connectivity index (χ3n) is 1.71. The Morgan fingerprint density at radius 3 is 2.73 bits per heavy atom. The van der Waals surface area contributed by atoms with Crippen LogP contribution in [0.2, 0.25) is 0 Å². The second kappa shape index (κ2) is 2.11. The van der Waals surface area contributed by atoms with Crippen LogP contribution in [0.15, 0.2) is 8.78 Å². The highest BCUT2D eigenvalue weighted by molar-refractivity contribution is 7.88. The highest BCUT2D eigenvalue weighted by Crippen LogP contribution is 2.39. The number of hydrogen-bond donors (Lipinski definition) is 1. The van der Waals surface area contributed by atoms with Gasteiger partial charge in [-0.2, -0.15) is 0 Å². The van der Waals surface area contributed by atoms with E-state index in [9.17, 15) is 0 Å². The lowest BCUT2D eigenvalue weighted by atomic mass is 10.3. The van der Waals surface area contributed by atoms with Crippen molar-refractivity contribution < 1.29 is 4.42 Å². The van der Waals surface area contributed by atoms with Crippen LogP contribution >= 0.6 is 0 Å². The normalized spacial score (nSPS) is 20.8. The van der Waals surface area contributed by atoms with Crippen molar-refractivity contribution in [3.05, 3.63) is 11.5 Å². The summed E-state index contributed by atoms with van der Waals surface area (Å²) in [5.74, 6) is 1.86. The molecule has 11 heavy (non-hydrogen) atoms. The molecule has 0 saturated carbocycles. The first kappa shape index (κ1) is 6.91. The van der Waals surface area contributed by atoms with Crippen LogP contribution in [-0.2, 0) is 10.9 Å². The van der Waals surface area contributed by atoms with Crippen LogP contribution in [0.3, 0.4) is 0 Å². The van der Waals surface area contributed by atoms with Crippen molar-refractivity contribution in [2.24, 2.45) is 4.36 Å². The van der Waals surface area contributed by atoms with Gasteiger partial charge in [0.25, 0.3) is 0 Å². The summed E-state index contributed by atoms with van der Waals surface area (Å²) in [6, 6.07) is 0. The molecule has 0 bridgehead atoms. The zero-order valence-corrected chi connectivity index (χ0v) is 7.58. The zero-order chi connectivity index (χ0) is 8.01. The topological polar surface area (TPSA) is 37.5 Å². The first-order valence-corrected chi connectivity index (χ1v) is 5.02. The molecule has 1 atom stereocenters. The molecule has 2 heterocycles. The molecule has 0 spiro atoms. The molecule has 1 unspecified atom stereocenters. The van der Waals surface area contributed by atoms with Crippen LogP contribution in [0.1, 0.15) is 11.5 Å². The van der Waals surface area contributed by atoms with Gasteiger partial charge in [-0.25, -0.2) is 4.36 Å². The van der Waals surface area contributed by atoms with Crippen molar-refractivity contribution in [1.82, 2.24) is 0 Å². The minimum Gasteiger partial charge on any atom is -0.462 e. The lowest BCUT2D eigenvalue weighted by Gasteiger charge is -1.94. The van der Waals surface area contributed by atoms with Gasteiger partial charge in [-0.1, -0.05) is 0 Å². The van der Waals surface area contributed by atoms with E-state index in [4.69, 9.17) is 4.42 Å². The van der Waals surface area contributed by atoms with Crippen LogP contribution in [0, 0.1) is 13.8 Å². The van der Waals surface area contributed by atoms with Crippen LogP contribution < -0.4 is 4.72 Å². The number of furan rings is 1. The molecule has 0 aliphatic carbocycles. The molecule has 1 aliphatic rings.